The lowest BCUT2D eigenvalue weighted by atomic mass is 9.94. The first-order valence-electron chi connectivity index (χ1n) is 6.70. The van der Waals surface area contributed by atoms with E-state index in [0.29, 0.717) is 5.75 Å². The van der Waals surface area contributed by atoms with Crippen molar-refractivity contribution in [2.45, 2.75) is 43.7 Å². The second-order valence-electron chi connectivity index (χ2n) is 4.57. The van der Waals surface area contributed by atoms with Gasteiger partial charge < -0.3 is 10.4 Å². The average Bonchev–Trinajstić information content (AvgIpc) is 2.51. The number of amides is 1. The van der Waals surface area contributed by atoms with Gasteiger partial charge in [-0.2, -0.15) is 0 Å². The van der Waals surface area contributed by atoms with Crippen molar-refractivity contribution in [1.29, 1.82) is 0 Å². The van der Waals surface area contributed by atoms with Gasteiger partial charge in [-0.3, -0.25) is 4.79 Å². The van der Waals surface area contributed by atoms with Crippen LogP contribution in [0.5, 0.6) is 0 Å². The molecule has 20 heavy (non-hydrogen) atoms. The van der Waals surface area contributed by atoms with Gasteiger partial charge in [0, 0.05) is 4.90 Å². The third-order valence-corrected chi connectivity index (χ3v) is 4.35. The quantitative estimate of drug-likeness (QED) is 0.599. The molecule has 0 saturated heterocycles. The SMILES string of the molecule is C#CC(CC)(CC)NC(=O)CSc1ccc(CO)cc1. The van der Waals surface area contributed by atoms with Crippen LogP contribution in [0.3, 0.4) is 0 Å². The average molecular weight is 291 g/mol. The number of carbonyl (C=O) groups is 1. The number of carbonyl (C=O) groups excluding carboxylic acids is 1. The van der Waals surface area contributed by atoms with Crippen molar-refractivity contribution in [2.75, 3.05) is 5.75 Å². The molecule has 1 aromatic carbocycles. The van der Waals surface area contributed by atoms with E-state index in [1.54, 1.807) is 0 Å². The molecular weight excluding hydrogens is 270 g/mol. The predicted octanol–water partition coefficient (Wildman–Crippen LogP) is 2.58. The van der Waals surface area contributed by atoms with Crippen LogP contribution in [0.4, 0.5) is 0 Å². The van der Waals surface area contributed by atoms with Crippen molar-refractivity contribution in [2.24, 2.45) is 0 Å². The Kier molecular flexibility index (Phi) is 6.63. The summed E-state index contributed by atoms with van der Waals surface area (Å²) >= 11 is 1.46. The van der Waals surface area contributed by atoms with Crippen LogP contribution in [0.25, 0.3) is 0 Å². The zero-order valence-electron chi connectivity index (χ0n) is 12.0. The minimum Gasteiger partial charge on any atom is -0.392 e. The van der Waals surface area contributed by atoms with Crippen LogP contribution < -0.4 is 5.32 Å². The zero-order valence-corrected chi connectivity index (χ0v) is 12.8. The summed E-state index contributed by atoms with van der Waals surface area (Å²) in [5, 5.41) is 11.9. The van der Waals surface area contributed by atoms with E-state index in [9.17, 15) is 4.79 Å². The molecular formula is C16H21NO2S. The van der Waals surface area contributed by atoms with Crippen LogP contribution in [0.1, 0.15) is 32.3 Å². The van der Waals surface area contributed by atoms with Crippen molar-refractivity contribution >= 4 is 17.7 Å². The van der Waals surface area contributed by atoms with Crippen LogP contribution in [-0.4, -0.2) is 22.3 Å². The molecule has 0 aliphatic rings. The van der Waals surface area contributed by atoms with Gasteiger partial charge in [0.05, 0.1) is 12.4 Å². The maximum Gasteiger partial charge on any atom is 0.231 e. The van der Waals surface area contributed by atoms with Gasteiger partial charge >= 0.3 is 0 Å². The molecule has 0 spiro atoms. The summed E-state index contributed by atoms with van der Waals surface area (Å²) in [5.74, 6) is 2.97. The standard InChI is InChI=1S/C16H21NO2S/c1-4-16(5-2,6-3)17-15(19)12-20-14-9-7-13(11-18)8-10-14/h1,7-10,18H,5-6,11-12H2,2-3H3,(H,17,19). The summed E-state index contributed by atoms with van der Waals surface area (Å²) < 4.78 is 0. The molecule has 0 atom stereocenters. The fraction of sp³-hybridized carbons (Fsp3) is 0.438. The largest absolute Gasteiger partial charge is 0.392 e. The van der Waals surface area contributed by atoms with Crippen LogP contribution >= 0.6 is 11.8 Å². The zero-order chi connectivity index (χ0) is 15.0. The van der Waals surface area contributed by atoms with Crippen LogP contribution in [0.2, 0.25) is 0 Å². The first kappa shape index (κ1) is 16.6. The number of terminal acetylenes is 1. The van der Waals surface area contributed by atoms with Crippen molar-refractivity contribution in [1.82, 2.24) is 5.32 Å². The highest BCUT2D eigenvalue weighted by molar-refractivity contribution is 8.00. The van der Waals surface area contributed by atoms with E-state index < -0.39 is 5.54 Å². The lowest BCUT2D eigenvalue weighted by Crippen LogP contribution is -2.47. The molecule has 0 fully saturated rings. The molecule has 4 heteroatoms. The third-order valence-electron chi connectivity index (χ3n) is 3.34. The Labute approximate surface area is 125 Å². The van der Waals surface area contributed by atoms with Gasteiger partial charge in [-0.25, -0.2) is 0 Å². The number of hydrogen-bond acceptors (Lipinski definition) is 3. The molecule has 2 N–H and O–H groups in total. The minimum atomic E-state index is -0.529. The van der Waals surface area contributed by atoms with E-state index in [1.807, 2.05) is 38.1 Å². The Hall–Kier alpha value is -1.44. The van der Waals surface area contributed by atoms with Gasteiger partial charge in [-0.05, 0) is 30.5 Å². The first-order chi connectivity index (χ1) is 9.59. The maximum atomic E-state index is 12.0. The van der Waals surface area contributed by atoms with Gasteiger partial charge in [0.2, 0.25) is 5.91 Å². The third kappa shape index (κ3) is 4.59. The van der Waals surface area contributed by atoms with E-state index in [2.05, 4.69) is 11.2 Å². The van der Waals surface area contributed by atoms with Gasteiger partial charge in [-0.15, -0.1) is 18.2 Å². The monoisotopic (exact) mass is 291 g/mol. The van der Waals surface area contributed by atoms with Crippen LogP contribution in [0, 0.1) is 12.3 Å². The lowest BCUT2D eigenvalue weighted by Gasteiger charge is -2.26. The van der Waals surface area contributed by atoms with Crippen molar-refractivity contribution < 1.29 is 9.90 Å². The molecule has 0 aliphatic heterocycles. The molecule has 0 aromatic heterocycles. The number of aliphatic hydroxyl groups excluding tert-OH is 1. The number of nitrogens with one attached hydrogen (secondary N) is 1. The highest BCUT2D eigenvalue weighted by Gasteiger charge is 2.24. The van der Waals surface area contributed by atoms with Gasteiger partial charge in [0.15, 0.2) is 0 Å². The second-order valence-corrected chi connectivity index (χ2v) is 5.62. The summed E-state index contributed by atoms with van der Waals surface area (Å²) in [5.41, 5.74) is 0.334. The number of aliphatic hydroxyl groups is 1. The highest BCUT2D eigenvalue weighted by atomic mass is 32.2. The molecule has 3 nitrogen and oxygen atoms in total. The van der Waals surface area contributed by atoms with E-state index in [4.69, 9.17) is 11.5 Å². The predicted molar refractivity (Wildman–Crippen MR) is 83.4 cm³/mol. The van der Waals surface area contributed by atoms with E-state index >= 15 is 0 Å². The Balaban J connectivity index is 2.52. The lowest BCUT2D eigenvalue weighted by molar-refractivity contribution is -0.119. The molecule has 0 saturated carbocycles. The molecule has 0 aliphatic carbocycles. The summed E-state index contributed by atoms with van der Waals surface area (Å²) in [4.78, 5) is 13.0. The molecule has 1 aromatic rings. The summed E-state index contributed by atoms with van der Waals surface area (Å²) in [6.45, 7) is 3.98. The molecule has 0 heterocycles. The molecule has 0 radical (unpaired) electrons. The Morgan fingerprint density at radius 1 is 1.35 bits per heavy atom. The van der Waals surface area contributed by atoms with Crippen molar-refractivity contribution in [3.05, 3.63) is 29.8 Å². The van der Waals surface area contributed by atoms with E-state index in [0.717, 1.165) is 23.3 Å². The fourth-order valence-corrected chi connectivity index (χ4v) is 2.51. The molecule has 0 bridgehead atoms. The smallest absolute Gasteiger partial charge is 0.231 e. The summed E-state index contributed by atoms with van der Waals surface area (Å²) in [6.07, 6.45) is 6.97. The molecule has 1 rings (SSSR count). The van der Waals surface area contributed by atoms with Gasteiger partial charge in [0.25, 0.3) is 0 Å². The number of hydrogen-bond donors (Lipinski definition) is 2. The maximum absolute atomic E-state index is 12.0. The Bertz CT molecular complexity index is 472. The van der Waals surface area contributed by atoms with Gasteiger partial charge in [0.1, 0.15) is 5.54 Å². The summed E-state index contributed by atoms with van der Waals surface area (Å²) in [6, 6.07) is 7.50. The minimum absolute atomic E-state index is 0.0309. The summed E-state index contributed by atoms with van der Waals surface area (Å²) in [7, 11) is 0. The highest BCUT2D eigenvalue weighted by Crippen LogP contribution is 2.19. The second kappa shape index (κ2) is 7.98. The molecule has 108 valence electrons. The first-order valence-corrected chi connectivity index (χ1v) is 7.69. The normalized spacial score (nSPS) is 10.9. The fourth-order valence-electron chi connectivity index (χ4n) is 1.81. The number of benzene rings is 1. The van der Waals surface area contributed by atoms with Gasteiger partial charge in [-0.1, -0.05) is 31.9 Å². The van der Waals surface area contributed by atoms with E-state index in [1.165, 1.54) is 11.8 Å². The van der Waals surface area contributed by atoms with E-state index in [-0.39, 0.29) is 12.5 Å². The van der Waals surface area contributed by atoms with Crippen molar-refractivity contribution in [3.63, 3.8) is 0 Å². The Morgan fingerprint density at radius 3 is 2.40 bits per heavy atom. The molecule has 1 amide bonds. The van der Waals surface area contributed by atoms with Crippen LogP contribution in [0.15, 0.2) is 29.2 Å². The Morgan fingerprint density at radius 2 is 1.95 bits per heavy atom. The number of rotatable bonds is 7. The topological polar surface area (TPSA) is 49.3 Å². The van der Waals surface area contributed by atoms with Crippen LogP contribution in [-0.2, 0) is 11.4 Å². The molecule has 0 unspecified atom stereocenters. The van der Waals surface area contributed by atoms with Crippen molar-refractivity contribution in [3.8, 4) is 12.3 Å². The number of thioether (sulfide) groups is 1.